The lowest BCUT2D eigenvalue weighted by atomic mass is 10.1. The van der Waals surface area contributed by atoms with Crippen LogP contribution >= 0.6 is 11.8 Å². The van der Waals surface area contributed by atoms with E-state index in [-0.39, 0.29) is 28.5 Å². The molecule has 2 heterocycles. The minimum Gasteiger partial charge on any atom is -0.372 e. The number of aromatic nitrogens is 2. The van der Waals surface area contributed by atoms with Crippen LogP contribution in [0.3, 0.4) is 0 Å². The number of hydrogen-bond donors (Lipinski definition) is 0. The summed E-state index contributed by atoms with van der Waals surface area (Å²) in [5, 5.41) is 0. The van der Waals surface area contributed by atoms with Crippen LogP contribution in [0.2, 0.25) is 0 Å². The molecule has 0 aliphatic carbocycles. The van der Waals surface area contributed by atoms with Crippen molar-refractivity contribution >= 4 is 17.6 Å². The minimum atomic E-state index is -0.294. The van der Waals surface area contributed by atoms with Crippen molar-refractivity contribution in [3.63, 3.8) is 0 Å². The molecule has 142 valence electrons. The van der Waals surface area contributed by atoms with Gasteiger partial charge in [0.2, 0.25) is 0 Å². The zero-order chi connectivity index (χ0) is 18.8. The van der Waals surface area contributed by atoms with E-state index in [0.717, 1.165) is 12.3 Å². The van der Waals surface area contributed by atoms with Gasteiger partial charge in [-0.05, 0) is 54.5 Å². The molecule has 0 saturated carbocycles. The molecule has 0 spiro atoms. The molecule has 0 N–H and O–H groups in total. The zero-order valence-corrected chi connectivity index (χ0v) is 17.2. The van der Waals surface area contributed by atoms with Gasteiger partial charge in [-0.1, -0.05) is 0 Å². The Kier molecular flexibility index (Phi) is 6.22. The molecule has 7 heteroatoms. The second kappa shape index (κ2) is 7.68. The summed E-state index contributed by atoms with van der Waals surface area (Å²) in [4.78, 5) is 18.9. The molecule has 1 aromatic rings. The quantitative estimate of drug-likeness (QED) is 0.794. The Balaban J connectivity index is 2.08. The van der Waals surface area contributed by atoms with Gasteiger partial charge in [0, 0.05) is 24.0 Å². The van der Waals surface area contributed by atoms with Gasteiger partial charge in [0.15, 0.2) is 0 Å². The molecular weight excluding hydrogens is 338 g/mol. The molecule has 0 unspecified atom stereocenters. The van der Waals surface area contributed by atoms with Crippen molar-refractivity contribution in [1.82, 2.24) is 9.55 Å². The van der Waals surface area contributed by atoms with E-state index < -0.39 is 0 Å². The summed E-state index contributed by atoms with van der Waals surface area (Å²) in [7, 11) is 0. The van der Waals surface area contributed by atoms with Crippen molar-refractivity contribution < 1.29 is 9.47 Å². The van der Waals surface area contributed by atoms with E-state index in [2.05, 4.69) is 37.6 Å². The normalized spacial score (nSPS) is 21.6. The standard InChI is InChI=1S/C18H31N3O3S/c1-8-21(17(2,3)4)13-9-10-20(16(22)19-13)14-12-25-15(24-14)11-23-18(5,6)7/h9-10,14-15H,8,11-12H2,1-7H3/t14-,15+/m1/s1. The van der Waals surface area contributed by atoms with E-state index in [1.807, 2.05) is 26.8 Å². The number of rotatable bonds is 5. The smallest absolute Gasteiger partial charge is 0.351 e. The largest absolute Gasteiger partial charge is 0.372 e. The fraction of sp³-hybridized carbons (Fsp3) is 0.778. The van der Waals surface area contributed by atoms with E-state index in [4.69, 9.17) is 9.47 Å². The van der Waals surface area contributed by atoms with Crippen molar-refractivity contribution in [2.24, 2.45) is 0 Å². The Bertz CT molecular complexity index is 634. The average Bonchev–Trinajstić information content (AvgIpc) is 2.92. The molecule has 1 aliphatic rings. The SMILES string of the molecule is CCN(c1ccn([C@H]2CS[C@@H](COC(C)(C)C)O2)c(=O)n1)C(C)(C)C. The third kappa shape index (κ3) is 5.46. The highest BCUT2D eigenvalue weighted by Gasteiger charge is 2.30. The molecule has 1 saturated heterocycles. The summed E-state index contributed by atoms with van der Waals surface area (Å²) in [6.07, 6.45) is 1.49. The number of ether oxygens (including phenoxy) is 2. The molecule has 0 amide bonds. The predicted molar refractivity (Wildman–Crippen MR) is 103 cm³/mol. The van der Waals surface area contributed by atoms with Crippen molar-refractivity contribution in [2.45, 2.75) is 71.3 Å². The van der Waals surface area contributed by atoms with Crippen LogP contribution in [0.1, 0.15) is 54.7 Å². The first kappa shape index (κ1) is 20.3. The van der Waals surface area contributed by atoms with Gasteiger partial charge in [-0.2, -0.15) is 4.98 Å². The highest BCUT2D eigenvalue weighted by Crippen LogP contribution is 2.32. The lowest BCUT2D eigenvalue weighted by Gasteiger charge is -2.35. The Hall–Kier alpha value is -1.05. The molecule has 25 heavy (non-hydrogen) atoms. The summed E-state index contributed by atoms with van der Waals surface area (Å²) in [6.45, 7) is 15.8. The molecule has 1 aromatic heterocycles. The number of anilines is 1. The van der Waals surface area contributed by atoms with Gasteiger partial charge in [-0.15, -0.1) is 11.8 Å². The fourth-order valence-electron chi connectivity index (χ4n) is 2.75. The van der Waals surface area contributed by atoms with E-state index in [0.29, 0.717) is 12.4 Å². The molecule has 6 nitrogen and oxygen atoms in total. The number of thioether (sulfide) groups is 1. The van der Waals surface area contributed by atoms with E-state index >= 15 is 0 Å². The van der Waals surface area contributed by atoms with Crippen LogP contribution in [0.4, 0.5) is 5.82 Å². The Morgan fingerprint density at radius 2 is 2.04 bits per heavy atom. The first-order valence-corrected chi connectivity index (χ1v) is 9.84. The number of nitrogens with zero attached hydrogens (tertiary/aromatic N) is 3. The molecule has 1 fully saturated rings. The van der Waals surface area contributed by atoms with Crippen molar-refractivity contribution in [2.75, 3.05) is 23.8 Å². The van der Waals surface area contributed by atoms with Crippen LogP contribution < -0.4 is 10.6 Å². The highest BCUT2D eigenvalue weighted by molar-refractivity contribution is 8.00. The first-order chi connectivity index (χ1) is 11.5. The maximum absolute atomic E-state index is 12.5. The van der Waals surface area contributed by atoms with Crippen molar-refractivity contribution in [3.8, 4) is 0 Å². The van der Waals surface area contributed by atoms with Gasteiger partial charge in [0.1, 0.15) is 17.5 Å². The topological polar surface area (TPSA) is 56.6 Å². The van der Waals surface area contributed by atoms with E-state index in [1.165, 1.54) is 0 Å². The molecule has 1 aliphatic heterocycles. The summed E-state index contributed by atoms with van der Waals surface area (Å²) in [6, 6.07) is 1.89. The van der Waals surface area contributed by atoms with Crippen molar-refractivity contribution in [3.05, 3.63) is 22.7 Å². The van der Waals surface area contributed by atoms with Gasteiger partial charge < -0.3 is 14.4 Å². The van der Waals surface area contributed by atoms with Crippen LogP contribution in [0.25, 0.3) is 0 Å². The minimum absolute atomic E-state index is 0.0579. The van der Waals surface area contributed by atoms with Gasteiger partial charge in [-0.25, -0.2) is 4.79 Å². The zero-order valence-electron chi connectivity index (χ0n) is 16.4. The lowest BCUT2D eigenvalue weighted by molar-refractivity contribution is -0.0684. The first-order valence-electron chi connectivity index (χ1n) is 8.79. The van der Waals surface area contributed by atoms with Crippen LogP contribution in [0, 0.1) is 0 Å². The lowest BCUT2D eigenvalue weighted by Crippen LogP contribution is -2.43. The monoisotopic (exact) mass is 369 g/mol. The fourth-order valence-corrected chi connectivity index (χ4v) is 3.74. The second-order valence-corrected chi connectivity index (χ2v) is 9.36. The predicted octanol–water partition coefficient (Wildman–Crippen LogP) is 3.27. The molecule has 0 bridgehead atoms. The van der Waals surface area contributed by atoms with Crippen molar-refractivity contribution in [1.29, 1.82) is 0 Å². The molecule has 0 radical (unpaired) electrons. The molecule has 0 aromatic carbocycles. The van der Waals surface area contributed by atoms with Crippen LogP contribution in [0.15, 0.2) is 17.1 Å². The third-order valence-electron chi connectivity index (χ3n) is 3.91. The maximum Gasteiger partial charge on any atom is 0.351 e. The molecule has 2 rings (SSSR count). The number of hydrogen-bond acceptors (Lipinski definition) is 6. The van der Waals surface area contributed by atoms with Gasteiger partial charge in [0.25, 0.3) is 0 Å². The Morgan fingerprint density at radius 1 is 1.36 bits per heavy atom. The van der Waals surface area contributed by atoms with Crippen LogP contribution in [-0.4, -0.2) is 45.0 Å². The average molecular weight is 370 g/mol. The highest BCUT2D eigenvalue weighted by atomic mass is 32.2. The van der Waals surface area contributed by atoms with Crippen LogP contribution in [-0.2, 0) is 9.47 Å². The van der Waals surface area contributed by atoms with Gasteiger partial charge >= 0.3 is 5.69 Å². The maximum atomic E-state index is 12.5. The Labute approximate surface area is 154 Å². The summed E-state index contributed by atoms with van der Waals surface area (Å²) in [5.74, 6) is 1.42. The summed E-state index contributed by atoms with van der Waals surface area (Å²) in [5.41, 5.74) is -0.616. The third-order valence-corrected chi connectivity index (χ3v) is 5.01. The van der Waals surface area contributed by atoms with E-state index in [1.54, 1.807) is 22.5 Å². The molecular formula is C18H31N3O3S. The molecule has 2 atom stereocenters. The van der Waals surface area contributed by atoms with Gasteiger partial charge in [0.05, 0.1) is 12.2 Å². The second-order valence-electron chi connectivity index (χ2n) is 8.17. The van der Waals surface area contributed by atoms with Gasteiger partial charge in [-0.3, -0.25) is 4.57 Å². The van der Waals surface area contributed by atoms with E-state index in [9.17, 15) is 4.79 Å². The summed E-state index contributed by atoms with van der Waals surface area (Å²) >= 11 is 1.67. The van der Waals surface area contributed by atoms with Crippen LogP contribution in [0.5, 0.6) is 0 Å². The Morgan fingerprint density at radius 3 is 2.56 bits per heavy atom. The summed E-state index contributed by atoms with van der Waals surface area (Å²) < 4.78 is 13.3.